The summed E-state index contributed by atoms with van der Waals surface area (Å²) >= 11 is 0. The van der Waals surface area contributed by atoms with Gasteiger partial charge in [-0.05, 0) is 11.6 Å². The number of morpholine rings is 1. The van der Waals surface area contributed by atoms with Crippen LogP contribution >= 0.6 is 0 Å². The Balaban J connectivity index is 1.62. The van der Waals surface area contributed by atoms with Crippen LogP contribution in [0, 0.1) is 0 Å². The first-order chi connectivity index (χ1) is 10.3. The Hall–Kier alpha value is -2.21. The van der Waals surface area contributed by atoms with Crippen LogP contribution in [-0.4, -0.2) is 51.6 Å². The minimum absolute atomic E-state index is 0.0239. The lowest BCUT2D eigenvalue weighted by atomic mass is 10.0. The molecule has 4 heterocycles. The van der Waals surface area contributed by atoms with Crippen molar-refractivity contribution >= 4 is 5.91 Å². The number of carbonyl (C=O) groups is 1. The highest BCUT2D eigenvalue weighted by molar-refractivity contribution is 5.79. The quantitative estimate of drug-likeness (QED) is 0.828. The average Bonchev–Trinajstić information content (AvgIpc) is 3.11. The number of amides is 1. The van der Waals surface area contributed by atoms with Crippen LogP contribution in [0.4, 0.5) is 0 Å². The highest BCUT2D eigenvalue weighted by atomic mass is 16.5. The van der Waals surface area contributed by atoms with E-state index in [4.69, 9.17) is 4.74 Å². The molecule has 0 bridgehead atoms. The molecular weight excluding hydrogens is 268 g/mol. The van der Waals surface area contributed by atoms with Gasteiger partial charge in [0.15, 0.2) is 0 Å². The van der Waals surface area contributed by atoms with Gasteiger partial charge in [-0.1, -0.05) is 0 Å². The normalized spacial score (nSPS) is 20.2. The summed E-state index contributed by atoms with van der Waals surface area (Å²) < 4.78 is 7.38. The molecule has 0 N–H and O–H groups in total. The van der Waals surface area contributed by atoms with Crippen molar-refractivity contribution in [1.82, 2.24) is 19.4 Å². The van der Waals surface area contributed by atoms with Crippen molar-refractivity contribution in [2.75, 3.05) is 26.3 Å². The summed E-state index contributed by atoms with van der Waals surface area (Å²) in [6.07, 6.45) is 7.72. The van der Waals surface area contributed by atoms with E-state index in [9.17, 15) is 4.79 Å². The molecule has 0 spiro atoms. The van der Waals surface area contributed by atoms with Gasteiger partial charge in [0, 0.05) is 31.0 Å². The molecule has 0 aliphatic carbocycles. The van der Waals surface area contributed by atoms with E-state index in [0.717, 1.165) is 16.8 Å². The zero-order valence-corrected chi connectivity index (χ0v) is 11.6. The van der Waals surface area contributed by atoms with E-state index in [2.05, 4.69) is 14.5 Å². The van der Waals surface area contributed by atoms with Crippen LogP contribution < -0.4 is 0 Å². The van der Waals surface area contributed by atoms with Crippen LogP contribution in [0.2, 0.25) is 0 Å². The Morgan fingerprint density at radius 1 is 1.29 bits per heavy atom. The molecule has 0 aromatic carbocycles. The largest absolute Gasteiger partial charge is 0.378 e. The maximum atomic E-state index is 12.5. The molecular formula is C15H16N4O2. The third-order valence-electron chi connectivity index (χ3n) is 4.22. The number of carbonyl (C=O) groups excluding carboxylic acids is 1. The van der Waals surface area contributed by atoms with Crippen molar-refractivity contribution in [2.45, 2.75) is 12.5 Å². The maximum Gasteiger partial charge on any atom is 0.225 e. The van der Waals surface area contributed by atoms with E-state index in [1.54, 1.807) is 12.5 Å². The van der Waals surface area contributed by atoms with Gasteiger partial charge < -0.3 is 14.2 Å². The topological polar surface area (TPSA) is 60.2 Å². The third-order valence-corrected chi connectivity index (χ3v) is 4.22. The SMILES string of the molecule is O=C(CC1c2ccncc2-c2cncn21)N1CCOCC1. The van der Waals surface area contributed by atoms with Crippen molar-refractivity contribution in [1.29, 1.82) is 0 Å². The fourth-order valence-corrected chi connectivity index (χ4v) is 3.14. The number of aromatic nitrogens is 3. The molecule has 0 saturated carbocycles. The third kappa shape index (κ3) is 2.03. The summed E-state index contributed by atoms with van der Waals surface area (Å²) in [6.45, 7) is 2.64. The van der Waals surface area contributed by atoms with E-state index in [0.29, 0.717) is 32.7 Å². The van der Waals surface area contributed by atoms with E-state index in [1.165, 1.54) is 0 Å². The number of fused-ring (bicyclic) bond motifs is 3. The molecule has 4 rings (SSSR count). The first-order valence-corrected chi connectivity index (χ1v) is 7.16. The lowest BCUT2D eigenvalue weighted by molar-refractivity contribution is -0.135. The molecule has 6 nitrogen and oxygen atoms in total. The zero-order chi connectivity index (χ0) is 14.2. The summed E-state index contributed by atoms with van der Waals surface area (Å²) in [5, 5.41) is 0. The summed E-state index contributed by atoms with van der Waals surface area (Å²) in [5.74, 6) is 0.174. The van der Waals surface area contributed by atoms with E-state index < -0.39 is 0 Å². The molecule has 2 aromatic rings. The lowest BCUT2D eigenvalue weighted by Crippen LogP contribution is -2.41. The van der Waals surface area contributed by atoms with Crippen molar-refractivity contribution in [3.05, 3.63) is 36.5 Å². The van der Waals surface area contributed by atoms with Gasteiger partial charge in [0.1, 0.15) is 0 Å². The maximum absolute atomic E-state index is 12.5. The van der Waals surface area contributed by atoms with E-state index in [1.807, 2.05) is 23.4 Å². The molecule has 1 amide bonds. The van der Waals surface area contributed by atoms with Crippen molar-refractivity contribution < 1.29 is 9.53 Å². The van der Waals surface area contributed by atoms with E-state index in [-0.39, 0.29) is 11.9 Å². The molecule has 108 valence electrons. The number of nitrogens with zero attached hydrogens (tertiary/aromatic N) is 4. The predicted molar refractivity (Wildman–Crippen MR) is 75.6 cm³/mol. The van der Waals surface area contributed by atoms with Gasteiger partial charge in [-0.25, -0.2) is 4.98 Å². The van der Waals surface area contributed by atoms with Gasteiger partial charge in [0.25, 0.3) is 0 Å². The summed E-state index contributed by atoms with van der Waals surface area (Å²) in [6, 6.07) is 2.02. The van der Waals surface area contributed by atoms with Crippen LogP contribution in [0.25, 0.3) is 11.3 Å². The van der Waals surface area contributed by atoms with Gasteiger partial charge in [-0.3, -0.25) is 9.78 Å². The molecule has 1 atom stereocenters. The van der Waals surface area contributed by atoms with Crippen LogP contribution in [0.15, 0.2) is 31.0 Å². The van der Waals surface area contributed by atoms with Crippen LogP contribution in [0.5, 0.6) is 0 Å². The molecule has 1 fully saturated rings. The van der Waals surface area contributed by atoms with Gasteiger partial charge in [-0.2, -0.15) is 0 Å². The van der Waals surface area contributed by atoms with Crippen molar-refractivity contribution in [3.63, 3.8) is 0 Å². The Bertz CT molecular complexity index is 676. The second-order valence-electron chi connectivity index (χ2n) is 5.36. The fraction of sp³-hybridized carbons (Fsp3) is 0.400. The van der Waals surface area contributed by atoms with Crippen LogP contribution in [0.1, 0.15) is 18.0 Å². The smallest absolute Gasteiger partial charge is 0.225 e. The monoisotopic (exact) mass is 284 g/mol. The lowest BCUT2D eigenvalue weighted by Gasteiger charge is -2.28. The van der Waals surface area contributed by atoms with Gasteiger partial charge in [0.05, 0.1) is 43.9 Å². The summed E-state index contributed by atoms with van der Waals surface area (Å²) in [7, 11) is 0. The summed E-state index contributed by atoms with van der Waals surface area (Å²) in [5.41, 5.74) is 3.27. The second kappa shape index (κ2) is 4.96. The number of imidazole rings is 1. The molecule has 1 unspecified atom stereocenters. The Morgan fingerprint density at radius 2 is 2.14 bits per heavy atom. The predicted octanol–water partition coefficient (Wildman–Crippen LogP) is 1.10. The minimum Gasteiger partial charge on any atom is -0.378 e. The highest BCUT2D eigenvalue weighted by Gasteiger charge is 2.31. The summed E-state index contributed by atoms with van der Waals surface area (Å²) in [4.78, 5) is 22.8. The number of hydrogen-bond donors (Lipinski definition) is 0. The Labute approximate surface area is 122 Å². The molecule has 1 saturated heterocycles. The standard InChI is InChI=1S/C15H16N4O2/c20-15(18-3-5-21-6-4-18)7-13-11-1-2-16-8-12(11)14-9-17-10-19(13)14/h1-2,8-10,13H,3-7H2. The molecule has 2 aromatic heterocycles. The van der Waals surface area contributed by atoms with Crippen LogP contribution in [-0.2, 0) is 9.53 Å². The zero-order valence-electron chi connectivity index (χ0n) is 11.6. The molecule has 21 heavy (non-hydrogen) atoms. The number of ether oxygens (including phenoxy) is 1. The highest BCUT2D eigenvalue weighted by Crippen LogP contribution is 2.40. The van der Waals surface area contributed by atoms with Crippen molar-refractivity contribution in [3.8, 4) is 11.3 Å². The molecule has 0 radical (unpaired) electrons. The Kier molecular flexibility index (Phi) is 2.96. The average molecular weight is 284 g/mol. The van der Waals surface area contributed by atoms with Gasteiger partial charge >= 0.3 is 0 Å². The Morgan fingerprint density at radius 3 is 3.00 bits per heavy atom. The van der Waals surface area contributed by atoms with E-state index >= 15 is 0 Å². The first kappa shape index (κ1) is 12.5. The number of pyridine rings is 1. The van der Waals surface area contributed by atoms with Gasteiger partial charge in [0.2, 0.25) is 5.91 Å². The first-order valence-electron chi connectivity index (χ1n) is 7.16. The fourth-order valence-electron chi connectivity index (χ4n) is 3.14. The van der Waals surface area contributed by atoms with Gasteiger partial charge in [-0.15, -0.1) is 0 Å². The molecule has 2 aliphatic rings. The minimum atomic E-state index is 0.0239. The molecule has 2 aliphatic heterocycles. The number of hydrogen-bond acceptors (Lipinski definition) is 4. The van der Waals surface area contributed by atoms with Crippen molar-refractivity contribution in [2.24, 2.45) is 0 Å². The number of rotatable bonds is 2. The second-order valence-corrected chi connectivity index (χ2v) is 5.36. The van der Waals surface area contributed by atoms with Crippen LogP contribution in [0.3, 0.4) is 0 Å². The molecule has 6 heteroatoms.